The van der Waals surface area contributed by atoms with Crippen molar-refractivity contribution >= 4 is 17.6 Å². The molecule has 0 saturated heterocycles. The zero-order valence-corrected chi connectivity index (χ0v) is 12.1. The van der Waals surface area contributed by atoms with Gasteiger partial charge in [0.2, 0.25) is 0 Å². The van der Waals surface area contributed by atoms with Crippen LogP contribution in [0.2, 0.25) is 0 Å². The summed E-state index contributed by atoms with van der Waals surface area (Å²) in [5.41, 5.74) is 9.29. The maximum atomic E-state index is 6.07. The second kappa shape index (κ2) is 4.69. The molecule has 1 aromatic heterocycles. The van der Waals surface area contributed by atoms with Crippen molar-refractivity contribution in [1.29, 1.82) is 0 Å². The van der Waals surface area contributed by atoms with E-state index in [1.807, 2.05) is 18.2 Å². The van der Waals surface area contributed by atoms with E-state index in [4.69, 9.17) is 5.73 Å². The van der Waals surface area contributed by atoms with Gasteiger partial charge in [-0.25, -0.2) is 4.68 Å². The van der Waals surface area contributed by atoms with Crippen LogP contribution in [0.4, 0.5) is 5.82 Å². The summed E-state index contributed by atoms with van der Waals surface area (Å²) >= 11 is 1.77. The molecule has 96 valence electrons. The Morgan fingerprint density at radius 3 is 2.61 bits per heavy atom. The lowest BCUT2D eigenvalue weighted by molar-refractivity contribution is 0.719. The Labute approximate surface area is 112 Å². The molecular formula is C14H19N3S. The molecule has 0 atom stereocenters. The normalized spacial score (nSPS) is 11.8. The lowest BCUT2D eigenvalue weighted by Crippen LogP contribution is -2.12. The smallest absolute Gasteiger partial charge is 0.127 e. The van der Waals surface area contributed by atoms with E-state index in [1.54, 1.807) is 16.4 Å². The third-order valence-corrected chi connectivity index (χ3v) is 4.34. The van der Waals surface area contributed by atoms with Crippen LogP contribution in [0.5, 0.6) is 0 Å². The van der Waals surface area contributed by atoms with Crippen molar-refractivity contribution in [2.75, 3.05) is 12.0 Å². The Kier molecular flexibility index (Phi) is 3.39. The first-order valence-electron chi connectivity index (χ1n) is 5.92. The van der Waals surface area contributed by atoms with Gasteiger partial charge < -0.3 is 5.73 Å². The van der Waals surface area contributed by atoms with Crippen molar-refractivity contribution in [2.24, 2.45) is 0 Å². The Balaban J connectivity index is 2.48. The number of aromatic nitrogens is 2. The first kappa shape index (κ1) is 13.0. The first-order valence-corrected chi connectivity index (χ1v) is 7.15. The SMILES string of the molecule is CSC(C)(C)c1cc(N)n(-c2cccc(C)c2)n1. The molecule has 1 aromatic carbocycles. The van der Waals surface area contributed by atoms with Crippen LogP contribution in [0, 0.1) is 6.92 Å². The first-order chi connectivity index (χ1) is 8.44. The molecule has 1 heterocycles. The van der Waals surface area contributed by atoms with Gasteiger partial charge in [-0.3, -0.25) is 0 Å². The average molecular weight is 261 g/mol. The van der Waals surface area contributed by atoms with Crippen molar-refractivity contribution in [2.45, 2.75) is 25.5 Å². The minimum Gasteiger partial charge on any atom is -0.384 e. The lowest BCUT2D eigenvalue weighted by Gasteiger charge is -2.18. The zero-order valence-electron chi connectivity index (χ0n) is 11.3. The van der Waals surface area contributed by atoms with E-state index in [9.17, 15) is 0 Å². The van der Waals surface area contributed by atoms with Crippen molar-refractivity contribution in [3.63, 3.8) is 0 Å². The predicted molar refractivity (Wildman–Crippen MR) is 79.3 cm³/mol. The third-order valence-electron chi connectivity index (χ3n) is 3.11. The Hall–Kier alpha value is -1.42. The van der Waals surface area contributed by atoms with Crippen LogP contribution in [0.25, 0.3) is 5.69 Å². The molecule has 0 fully saturated rings. The van der Waals surface area contributed by atoms with E-state index < -0.39 is 0 Å². The molecule has 0 aliphatic rings. The van der Waals surface area contributed by atoms with Crippen LogP contribution < -0.4 is 5.73 Å². The third kappa shape index (κ3) is 2.38. The molecule has 3 nitrogen and oxygen atoms in total. The predicted octanol–water partition coefficient (Wildman–Crippen LogP) is 3.36. The molecule has 0 bridgehead atoms. The standard InChI is InChI=1S/C14H19N3S/c1-10-6-5-7-11(8-10)17-13(15)9-12(16-17)14(2,3)18-4/h5-9H,15H2,1-4H3. The average Bonchev–Trinajstić information content (AvgIpc) is 2.72. The van der Waals surface area contributed by atoms with E-state index in [2.05, 4.69) is 44.3 Å². The number of nitrogens with zero attached hydrogens (tertiary/aromatic N) is 2. The molecule has 2 rings (SSSR count). The molecular weight excluding hydrogens is 242 g/mol. The highest BCUT2D eigenvalue weighted by Crippen LogP contribution is 2.34. The van der Waals surface area contributed by atoms with Gasteiger partial charge in [-0.05, 0) is 44.7 Å². The van der Waals surface area contributed by atoms with E-state index in [1.165, 1.54) is 5.56 Å². The fourth-order valence-corrected chi connectivity index (χ4v) is 2.07. The summed E-state index contributed by atoms with van der Waals surface area (Å²) in [5.74, 6) is 0.678. The topological polar surface area (TPSA) is 43.8 Å². The largest absolute Gasteiger partial charge is 0.384 e. The molecule has 0 unspecified atom stereocenters. The van der Waals surface area contributed by atoms with Gasteiger partial charge in [0.1, 0.15) is 5.82 Å². The van der Waals surface area contributed by atoms with Gasteiger partial charge in [-0.2, -0.15) is 16.9 Å². The Bertz CT molecular complexity index is 558. The van der Waals surface area contributed by atoms with Crippen molar-refractivity contribution in [3.8, 4) is 5.69 Å². The summed E-state index contributed by atoms with van der Waals surface area (Å²) in [5, 5.41) is 4.63. The molecule has 0 spiro atoms. The second-order valence-corrected chi connectivity index (χ2v) is 6.35. The molecule has 2 aromatic rings. The van der Waals surface area contributed by atoms with Crippen molar-refractivity contribution in [1.82, 2.24) is 9.78 Å². The molecule has 0 aliphatic heterocycles. The summed E-state index contributed by atoms with van der Waals surface area (Å²) < 4.78 is 1.78. The minimum atomic E-state index is -0.0246. The van der Waals surface area contributed by atoms with Crippen molar-refractivity contribution < 1.29 is 0 Å². The number of hydrogen-bond acceptors (Lipinski definition) is 3. The van der Waals surface area contributed by atoms with Crippen molar-refractivity contribution in [3.05, 3.63) is 41.6 Å². The number of aryl methyl sites for hydroxylation is 1. The molecule has 18 heavy (non-hydrogen) atoms. The Morgan fingerprint density at radius 2 is 2.00 bits per heavy atom. The van der Waals surface area contributed by atoms with Crippen LogP contribution in [0.3, 0.4) is 0 Å². The van der Waals surface area contributed by atoms with Gasteiger partial charge in [-0.15, -0.1) is 0 Å². The van der Waals surface area contributed by atoms with Gasteiger partial charge in [0.05, 0.1) is 16.1 Å². The van der Waals surface area contributed by atoms with E-state index >= 15 is 0 Å². The molecule has 0 amide bonds. The summed E-state index contributed by atoms with van der Waals surface area (Å²) in [6, 6.07) is 10.1. The molecule has 2 N–H and O–H groups in total. The number of hydrogen-bond donors (Lipinski definition) is 1. The highest BCUT2D eigenvalue weighted by atomic mass is 32.2. The maximum absolute atomic E-state index is 6.07. The zero-order chi connectivity index (χ0) is 13.3. The number of rotatable bonds is 3. The summed E-state index contributed by atoms with van der Waals surface area (Å²) in [6.07, 6.45) is 2.09. The fraction of sp³-hybridized carbons (Fsp3) is 0.357. The lowest BCUT2D eigenvalue weighted by atomic mass is 10.1. The summed E-state index contributed by atoms with van der Waals surface area (Å²) in [6.45, 7) is 6.37. The number of anilines is 1. The molecule has 0 radical (unpaired) electrons. The summed E-state index contributed by atoms with van der Waals surface area (Å²) in [4.78, 5) is 0. The molecule has 0 saturated carbocycles. The number of benzene rings is 1. The van der Waals surface area contributed by atoms with Gasteiger partial charge in [-0.1, -0.05) is 12.1 Å². The van der Waals surface area contributed by atoms with Crippen LogP contribution in [-0.4, -0.2) is 16.0 Å². The van der Waals surface area contributed by atoms with Gasteiger partial charge in [0, 0.05) is 6.07 Å². The van der Waals surface area contributed by atoms with E-state index in [0.29, 0.717) is 5.82 Å². The number of nitrogens with two attached hydrogens (primary N) is 1. The Morgan fingerprint density at radius 1 is 1.28 bits per heavy atom. The van der Waals surface area contributed by atoms with Crippen LogP contribution in [0.15, 0.2) is 30.3 Å². The van der Waals surface area contributed by atoms with Gasteiger partial charge in [0.25, 0.3) is 0 Å². The van der Waals surface area contributed by atoms with Gasteiger partial charge in [0.15, 0.2) is 0 Å². The molecule has 4 heteroatoms. The number of nitrogen functional groups attached to an aromatic ring is 1. The van der Waals surface area contributed by atoms with Gasteiger partial charge >= 0.3 is 0 Å². The van der Waals surface area contributed by atoms with Crippen LogP contribution in [-0.2, 0) is 4.75 Å². The van der Waals surface area contributed by atoms with Crippen LogP contribution in [0.1, 0.15) is 25.1 Å². The highest BCUT2D eigenvalue weighted by molar-refractivity contribution is 7.99. The van der Waals surface area contributed by atoms with E-state index in [0.717, 1.165) is 11.4 Å². The fourth-order valence-electron chi connectivity index (χ4n) is 1.76. The molecule has 0 aliphatic carbocycles. The van der Waals surface area contributed by atoms with E-state index in [-0.39, 0.29) is 4.75 Å². The second-order valence-electron chi connectivity index (χ2n) is 4.92. The number of thioether (sulfide) groups is 1. The minimum absolute atomic E-state index is 0.0246. The monoisotopic (exact) mass is 261 g/mol. The highest BCUT2D eigenvalue weighted by Gasteiger charge is 2.23. The summed E-state index contributed by atoms with van der Waals surface area (Å²) in [7, 11) is 0. The maximum Gasteiger partial charge on any atom is 0.127 e. The quantitative estimate of drug-likeness (QED) is 0.921. The van der Waals surface area contributed by atoms with Crippen LogP contribution >= 0.6 is 11.8 Å².